The average molecular weight is 999 g/mol. The Morgan fingerprint density at radius 2 is 0.783 bits per heavy atom. The van der Waals surface area contributed by atoms with E-state index in [0.29, 0.717) is 23.9 Å². The Morgan fingerprint density at radius 3 is 1.12 bits per heavy atom. The van der Waals surface area contributed by atoms with Crippen molar-refractivity contribution in [1.29, 1.82) is 0 Å². The van der Waals surface area contributed by atoms with E-state index in [9.17, 15) is 19.4 Å². The molecule has 412 valence electrons. The van der Waals surface area contributed by atoms with Gasteiger partial charge < -0.3 is 19.8 Å². The van der Waals surface area contributed by atoms with Gasteiger partial charge in [-0.2, -0.15) is 0 Å². The first kappa shape index (κ1) is 68.2. The summed E-state index contributed by atoms with van der Waals surface area (Å²) in [6.45, 7) is 4.93. The Kier molecular flexibility index (Phi) is 51.5. The molecule has 8 nitrogen and oxygen atoms in total. The van der Waals surface area contributed by atoms with Gasteiger partial charge in [-0.05, 0) is 38.5 Å². The summed E-state index contributed by atoms with van der Waals surface area (Å²) in [4.78, 5) is 23.3. The Labute approximate surface area is 431 Å². The number of aliphatic hydroxyl groups is 1. The van der Waals surface area contributed by atoms with Crippen molar-refractivity contribution in [3.8, 4) is 0 Å². The van der Waals surface area contributed by atoms with Gasteiger partial charge in [0, 0.05) is 6.42 Å². The van der Waals surface area contributed by atoms with Crippen molar-refractivity contribution in [1.82, 2.24) is 5.32 Å². The van der Waals surface area contributed by atoms with Crippen molar-refractivity contribution in [3.63, 3.8) is 0 Å². The van der Waals surface area contributed by atoms with Crippen molar-refractivity contribution in [2.45, 2.75) is 328 Å². The number of phosphoric ester groups is 1. The van der Waals surface area contributed by atoms with Crippen LogP contribution in [-0.4, -0.2) is 73.4 Å². The minimum absolute atomic E-state index is 0.0781. The van der Waals surface area contributed by atoms with Gasteiger partial charge in [0.15, 0.2) is 0 Å². The zero-order valence-corrected chi connectivity index (χ0v) is 48.0. The van der Waals surface area contributed by atoms with Gasteiger partial charge in [-0.25, -0.2) is 4.57 Å². The predicted molar refractivity (Wildman–Crippen MR) is 300 cm³/mol. The standard InChI is InChI=1S/C60H121N2O6P/c1-6-8-10-12-14-16-18-20-22-23-24-25-26-27-28-29-30-31-32-33-34-35-36-37-38-39-40-42-44-46-48-50-52-54-60(64)61-58(57-68-69(65,66)67-56-55-62(3,4)5)59(63)53-51-49-47-45-43-41-21-19-17-15-13-11-9-7-2/h23-24,58-59,63H,6-22,25-57H2,1-5H3,(H-,61,64,65,66)/p+1/b24-23-. The molecule has 0 saturated heterocycles. The number of rotatable bonds is 57. The summed E-state index contributed by atoms with van der Waals surface area (Å²) in [5, 5.41) is 14.0. The predicted octanol–water partition coefficient (Wildman–Crippen LogP) is 18.6. The number of unbranched alkanes of at least 4 members (excludes halogenated alkanes) is 42. The summed E-state index contributed by atoms with van der Waals surface area (Å²) < 4.78 is 23.8. The Morgan fingerprint density at radius 1 is 0.478 bits per heavy atom. The number of nitrogens with one attached hydrogen (secondary N) is 1. The van der Waals surface area contributed by atoms with Crippen LogP contribution in [0.2, 0.25) is 0 Å². The number of carbonyl (C=O) groups excluding carboxylic acids is 1. The summed E-state index contributed by atoms with van der Waals surface area (Å²) in [5.41, 5.74) is 0. The fourth-order valence-corrected chi connectivity index (χ4v) is 10.2. The van der Waals surface area contributed by atoms with Gasteiger partial charge in [-0.1, -0.05) is 283 Å². The van der Waals surface area contributed by atoms with Crippen LogP contribution in [0, 0.1) is 0 Å². The highest BCUT2D eigenvalue weighted by atomic mass is 31.2. The van der Waals surface area contributed by atoms with E-state index in [0.717, 1.165) is 38.5 Å². The minimum atomic E-state index is -4.32. The van der Waals surface area contributed by atoms with E-state index in [-0.39, 0.29) is 19.1 Å². The molecule has 3 unspecified atom stereocenters. The quantitative estimate of drug-likeness (QED) is 0.0243. The molecule has 0 fully saturated rings. The van der Waals surface area contributed by atoms with E-state index in [2.05, 4.69) is 31.3 Å². The lowest BCUT2D eigenvalue weighted by atomic mass is 10.0. The van der Waals surface area contributed by atoms with Crippen molar-refractivity contribution in [2.75, 3.05) is 40.9 Å². The molecule has 0 aromatic carbocycles. The first-order valence-electron chi connectivity index (χ1n) is 30.6. The number of quaternary nitrogens is 1. The van der Waals surface area contributed by atoms with Gasteiger partial charge in [-0.15, -0.1) is 0 Å². The van der Waals surface area contributed by atoms with Crippen LogP contribution in [0.5, 0.6) is 0 Å². The molecular formula is C60H122N2O6P+. The second-order valence-corrected chi connectivity index (χ2v) is 23.9. The highest BCUT2D eigenvalue weighted by Gasteiger charge is 2.28. The van der Waals surface area contributed by atoms with Crippen LogP contribution in [0.1, 0.15) is 316 Å². The van der Waals surface area contributed by atoms with Crippen molar-refractivity contribution >= 4 is 13.7 Å². The lowest BCUT2D eigenvalue weighted by molar-refractivity contribution is -0.870. The second-order valence-electron chi connectivity index (χ2n) is 22.4. The monoisotopic (exact) mass is 998 g/mol. The van der Waals surface area contributed by atoms with Crippen molar-refractivity contribution in [3.05, 3.63) is 12.2 Å². The van der Waals surface area contributed by atoms with Gasteiger partial charge in [0.25, 0.3) is 0 Å². The van der Waals surface area contributed by atoms with E-state index in [1.165, 1.54) is 250 Å². The fraction of sp³-hybridized carbons (Fsp3) is 0.950. The first-order valence-corrected chi connectivity index (χ1v) is 32.0. The van der Waals surface area contributed by atoms with Crippen molar-refractivity contribution < 1.29 is 32.9 Å². The average Bonchev–Trinajstić information content (AvgIpc) is 3.31. The van der Waals surface area contributed by atoms with Gasteiger partial charge in [0.2, 0.25) is 5.91 Å². The van der Waals surface area contributed by atoms with Crippen LogP contribution in [-0.2, 0) is 18.4 Å². The summed E-state index contributed by atoms with van der Waals surface area (Å²) in [6.07, 6.45) is 64.3. The molecule has 3 N–H and O–H groups in total. The number of carbonyl (C=O) groups is 1. The van der Waals surface area contributed by atoms with Gasteiger partial charge >= 0.3 is 7.82 Å². The highest BCUT2D eigenvalue weighted by Crippen LogP contribution is 2.43. The van der Waals surface area contributed by atoms with Crippen LogP contribution >= 0.6 is 7.82 Å². The Balaban J connectivity index is 3.94. The summed E-state index contributed by atoms with van der Waals surface area (Å²) in [5.74, 6) is -0.138. The molecule has 0 aromatic heterocycles. The number of amides is 1. The van der Waals surface area contributed by atoms with E-state index < -0.39 is 20.0 Å². The zero-order valence-electron chi connectivity index (χ0n) is 47.1. The number of aliphatic hydroxyl groups excluding tert-OH is 1. The number of phosphoric acid groups is 1. The molecule has 0 bridgehead atoms. The van der Waals surface area contributed by atoms with Gasteiger partial charge in [0.05, 0.1) is 39.9 Å². The van der Waals surface area contributed by atoms with Crippen LogP contribution in [0.25, 0.3) is 0 Å². The zero-order chi connectivity index (χ0) is 50.6. The second kappa shape index (κ2) is 52.1. The normalized spacial score (nSPS) is 13.9. The van der Waals surface area contributed by atoms with Gasteiger partial charge in [0.1, 0.15) is 13.2 Å². The molecule has 0 radical (unpaired) electrons. The lowest BCUT2D eigenvalue weighted by Crippen LogP contribution is -2.46. The summed E-state index contributed by atoms with van der Waals surface area (Å²) in [6, 6.07) is -0.756. The van der Waals surface area contributed by atoms with E-state index in [1.807, 2.05) is 21.1 Å². The topological polar surface area (TPSA) is 105 Å². The number of hydrogen-bond acceptors (Lipinski definition) is 5. The molecule has 0 aliphatic heterocycles. The molecule has 0 heterocycles. The summed E-state index contributed by atoms with van der Waals surface area (Å²) >= 11 is 0. The third kappa shape index (κ3) is 54.8. The van der Waals surface area contributed by atoms with Gasteiger partial charge in [-0.3, -0.25) is 13.8 Å². The van der Waals surface area contributed by atoms with E-state index in [1.54, 1.807) is 0 Å². The van der Waals surface area contributed by atoms with E-state index in [4.69, 9.17) is 9.05 Å². The highest BCUT2D eigenvalue weighted by molar-refractivity contribution is 7.47. The van der Waals surface area contributed by atoms with Crippen LogP contribution in [0.15, 0.2) is 12.2 Å². The molecule has 0 aliphatic rings. The minimum Gasteiger partial charge on any atom is -0.391 e. The first-order chi connectivity index (χ1) is 33.5. The number of hydrogen-bond donors (Lipinski definition) is 3. The third-order valence-corrected chi connectivity index (χ3v) is 15.2. The number of allylic oxidation sites excluding steroid dienone is 2. The lowest BCUT2D eigenvalue weighted by Gasteiger charge is -2.26. The molecular weight excluding hydrogens is 876 g/mol. The van der Waals surface area contributed by atoms with Crippen LogP contribution in [0.4, 0.5) is 0 Å². The SMILES string of the molecule is CCCCCCCCCC/C=C\CCCCCCCCCCCCCCCCCCCCCCCC(=O)NC(COP(=O)(O)OCC[N+](C)(C)C)C(O)CCCCCCCCCCCCCCCC. The van der Waals surface area contributed by atoms with Crippen LogP contribution in [0.3, 0.4) is 0 Å². The number of nitrogens with zero attached hydrogens (tertiary/aromatic N) is 1. The number of likely N-dealkylation sites (N-methyl/N-ethyl adjacent to an activating group) is 1. The molecule has 0 saturated carbocycles. The maximum atomic E-state index is 13.0. The molecule has 9 heteroatoms. The molecule has 0 aliphatic carbocycles. The third-order valence-electron chi connectivity index (χ3n) is 14.3. The van der Waals surface area contributed by atoms with E-state index >= 15 is 0 Å². The molecule has 1 amide bonds. The molecule has 0 aromatic rings. The summed E-state index contributed by atoms with van der Waals surface area (Å²) in [7, 11) is 1.63. The maximum absolute atomic E-state index is 13.0. The molecule has 0 rings (SSSR count). The fourth-order valence-electron chi connectivity index (χ4n) is 9.46. The van der Waals surface area contributed by atoms with Crippen LogP contribution < -0.4 is 5.32 Å². The Hall–Kier alpha value is -0.760. The molecule has 3 atom stereocenters. The maximum Gasteiger partial charge on any atom is 0.472 e. The Bertz CT molecular complexity index is 1130. The largest absolute Gasteiger partial charge is 0.472 e. The van der Waals surface area contributed by atoms with Crippen molar-refractivity contribution in [2.24, 2.45) is 0 Å². The molecule has 69 heavy (non-hydrogen) atoms. The smallest absolute Gasteiger partial charge is 0.391 e. The molecule has 0 spiro atoms.